The van der Waals surface area contributed by atoms with E-state index in [1.165, 1.54) is 6.92 Å². The first kappa shape index (κ1) is 19.6. The molecular weight excluding hydrogens is 316 g/mol. The molecule has 0 aliphatic heterocycles. The highest BCUT2D eigenvalue weighted by Crippen LogP contribution is 2.21. The van der Waals surface area contributed by atoms with Gasteiger partial charge in [-0.25, -0.2) is 8.42 Å². The highest BCUT2D eigenvalue weighted by Gasteiger charge is 2.24. The molecule has 0 fully saturated rings. The van der Waals surface area contributed by atoms with Crippen molar-refractivity contribution in [3.05, 3.63) is 28.8 Å². The Morgan fingerprint density at radius 3 is 2.30 bits per heavy atom. The predicted molar refractivity (Wildman–Crippen MR) is 89.9 cm³/mol. The number of hydrogen-bond acceptors (Lipinski definition) is 4. The Bertz CT molecular complexity index is 633. The molecule has 0 radical (unpaired) electrons. The van der Waals surface area contributed by atoms with Crippen molar-refractivity contribution >= 4 is 15.9 Å². The Labute approximate surface area is 138 Å². The standard InChI is InChI=1S/C16H26N2O4S/c1-11-9-12(2)15(13(3)10-11)23(20,21)18-14(4)16(19)17-7-6-8-22-5/h9-10,14,18H,6-8H2,1-5H3,(H,17,19). The molecule has 0 aliphatic carbocycles. The van der Waals surface area contributed by atoms with Gasteiger partial charge in [0.1, 0.15) is 0 Å². The van der Waals surface area contributed by atoms with Crippen molar-refractivity contribution in [2.75, 3.05) is 20.3 Å². The van der Waals surface area contributed by atoms with E-state index in [1.54, 1.807) is 21.0 Å². The first-order valence-electron chi connectivity index (χ1n) is 7.56. The Kier molecular flexibility index (Phi) is 7.18. The number of carbonyl (C=O) groups is 1. The molecule has 1 aromatic rings. The van der Waals surface area contributed by atoms with Crippen LogP contribution in [0.2, 0.25) is 0 Å². The number of amides is 1. The van der Waals surface area contributed by atoms with E-state index in [2.05, 4.69) is 10.0 Å². The molecule has 130 valence electrons. The zero-order valence-corrected chi connectivity index (χ0v) is 15.2. The van der Waals surface area contributed by atoms with Crippen LogP contribution in [0.4, 0.5) is 0 Å². The van der Waals surface area contributed by atoms with E-state index in [-0.39, 0.29) is 10.8 Å². The molecule has 0 heterocycles. The van der Waals surface area contributed by atoms with Gasteiger partial charge in [-0.3, -0.25) is 4.79 Å². The van der Waals surface area contributed by atoms with Gasteiger partial charge in [0.05, 0.1) is 10.9 Å². The summed E-state index contributed by atoms with van der Waals surface area (Å²) in [5.41, 5.74) is 2.34. The molecular formula is C16H26N2O4S. The normalized spacial score (nSPS) is 12.9. The second-order valence-corrected chi connectivity index (χ2v) is 7.36. The van der Waals surface area contributed by atoms with Gasteiger partial charge in [-0.15, -0.1) is 0 Å². The molecule has 23 heavy (non-hydrogen) atoms. The lowest BCUT2D eigenvalue weighted by atomic mass is 10.1. The maximum Gasteiger partial charge on any atom is 0.241 e. The summed E-state index contributed by atoms with van der Waals surface area (Å²) in [5.74, 6) is -0.355. The Morgan fingerprint density at radius 2 is 1.78 bits per heavy atom. The summed E-state index contributed by atoms with van der Waals surface area (Å²) in [5, 5.41) is 2.68. The van der Waals surface area contributed by atoms with E-state index >= 15 is 0 Å². The van der Waals surface area contributed by atoms with Crippen molar-refractivity contribution < 1.29 is 17.9 Å². The minimum absolute atomic E-state index is 0.238. The van der Waals surface area contributed by atoms with Gasteiger partial charge in [-0.2, -0.15) is 4.72 Å². The molecule has 1 aromatic carbocycles. The topological polar surface area (TPSA) is 84.5 Å². The van der Waals surface area contributed by atoms with Crippen LogP contribution in [0.1, 0.15) is 30.0 Å². The molecule has 1 rings (SSSR count). The maximum absolute atomic E-state index is 12.6. The van der Waals surface area contributed by atoms with Crippen LogP contribution in [-0.2, 0) is 19.6 Å². The highest BCUT2D eigenvalue weighted by atomic mass is 32.2. The van der Waals surface area contributed by atoms with Gasteiger partial charge < -0.3 is 10.1 Å². The lowest BCUT2D eigenvalue weighted by Crippen LogP contribution is -2.45. The molecule has 2 N–H and O–H groups in total. The van der Waals surface area contributed by atoms with Gasteiger partial charge in [-0.05, 0) is 45.2 Å². The summed E-state index contributed by atoms with van der Waals surface area (Å²) < 4.78 is 32.5. The maximum atomic E-state index is 12.6. The summed E-state index contributed by atoms with van der Waals surface area (Å²) in [6, 6.07) is 2.79. The van der Waals surface area contributed by atoms with Crippen LogP contribution in [0.3, 0.4) is 0 Å². The number of rotatable bonds is 8. The molecule has 6 nitrogen and oxygen atoms in total. The number of sulfonamides is 1. The van der Waals surface area contributed by atoms with Gasteiger partial charge in [-0.1, -0.05) is 17.7 Å². The number of hydrogen-bond donors (Lipinski definition) is 2. The van der Waals surface area contributed by atoms with Crippen LogP contribution in [0.5, 0.6) is 0 Å². The van der Waals surface area contributed by atoms with Crippen LogP contribution < -0.4 is 10.0 Å². The average Bonchev–Trinajstić information content (AvgIpc) is 2.41. The third kappa shape index (κ3) is 5.60. The van der Waals surface area contributed by atoms with E-state index in [4.69, 9.17) is 4.74 Å². The number of ether oxygens (including phenoxy) is 1. The summed E-state index contributed by atoms with van der Waals surface area (Å²) in [4.78, 5) is 12.2. The first-order valence-corrected chi connectivity index (χ1v) is 9.04. The molecule has 0 saturated heterocycles. The van der Waals surface area contributed by atoms with Gasteiger partial charge in [0.2, 0.25) is 15.9 Å². The molecule has 7 heteroatoms. The van der Waals surface area contributed by atoms with E-state index in [0.29, 0.717) is 30.7 Å². The fourth-order valence-electron chi connectivity index (χ4n) is 2.52. The zero-order valence-electron chi connectivity index (χ0n) is 14.4. The van der Waals surface area contributed by atoms with Crippen molar-refractivity contribution in [2.24, 2.45) is 0 Å². The first-order chi connectivity index (χ1) is 10.7. The second kappa shape index (κ2) is 8.42. The van der Waals surface area contributed by atoms with Gasteiger partial charge in [0.15, 0.2) is 0 Å². The molecule has 0 bridgehead atoms. The largest absolute Gasteiger partial charge is 0.385 e. The number of benzene rings is 1. The molecule has 1 atom stereocenters. The SMILES string of the molecule is COCCCNC(=O)C(C)NS(=O)(=O)c1c(C)cc(C)cc1C. The number of nitrogens with one attached hydrogen (secondary N) is 2. The molecule has 0 saturated carbocycles. The van der Waals surface area contributed by atoms with Crippen LogP contribution in [0, 0.1) is 20.8 Å². The lowest BCUT2D eigenvalue weighted by molar-refractivity contribution is -0.122. The van der Waals surface area contributed by atoms with Crippen molar-refractivity contribution in [3.8, 4) is 0 Å². The quantitative estimate of drug-likeness (QED) is 0.700. The van der Waals surface area contributed by atoms with Gasteiger partial charge >= 0.3 is 0 Å². The Hall–Kier alpha value is -1.44. The highest BCUT2D eigenvalue weighted by molar-refractivity contribution is 7.89. The fraction of sp³-hybridized carbons (Fsp3) is 0.562. The van der Waals surface area contributed by atoms with Crippen LogP contribution >= 0.6 is 0 Å². The van der Waals surface area contributed by atoms with Crippen LogP contribution in [-0.4, -0.2) is 40.6 Å². The fourth-order valence-corrected chi connectivity index (χ4v) is 4.17. The molecule has 0 aliphatic rings. The van der Waals surface area contributed by atoms with E-state index < -0.39 is 16.1 Å². The van der Waals surface area contributed by atoms with Gasteiger partial charge in [0, 0.05) is 20.3 Å². The molecule has 0 spiro atoms. The lowest BCUT2D eigenvalue weighted by Gasteiger charge is -2.17. The summed E-state index contributed by atoms with van der Waals surface area (Å²) in [6.45, 7) is 7.94. The van der Waals surface area contributed by atoms with Crippen molar-refractivity contribution in [3.63, 3.8) is 0 Å². The summed E-state index contributed by atoms with van der Waals surface area (Å²) in [7, 11) is -2.17. The smallest absolute Gasteiger partial charge is 0.241 e. The number of carbonyl (C=O) groups excluding carboxylic acids is 1. The third-order valence-electron chi connectivity index (χ3n) is 3.42. The summed E-state index contributed by atoms with van der Waals surface area (Å²) >= 11 is 0. The molecule has 1 amide bonds. The Morgan fingerprint density at radius 1 is 1.22 bits per heavy atom. The van der Waals surface area contributed by atoms with Gasteiger partial charge in [0.25, 0.3) is 0 Å². The third-order valence-corrected chi connectivity index (χ3v) is 5.27. The zero-order chi connectivity index (χ0) is 17.6. The second-order valence-electron chi connectivity index (χ2n) is 5.71. The van der Waals surface area contributed by atoms with E-state index in [0.717, 1.165) is 5.56 Å². The molecule has 0 aromatic heterocycles. The minimum Gasteiger partial charge on any atom is -0.385 e. The predicted octanol–water partition coefficient (Wildman–Crippen LogP) is 1.43. The molecule has 1 unspecified atom stereocenters. The van der Waals surface area contributed by atoms with E-state index in [1.807, 2.05) is 19.1 Å². The number of aryl methyl sites for hydroxylation is 3. The average molecular weight is 342 g/mol. The summed E-state index contributed by atoms with van der Waals surface area (Å²) in [6.07, 6.45) is 0.678. The van der Waals surface area contributed by atoms with Crippen molar-refractivity contribution in [1.82, 2.24) is 10.0 Å². The Balaban J connectivity index is 2.81. The number of methoxy groups -OCH3 is 1. The van der Waals surface area contributed by atoms with Crippen molar-refractivity contribution in [2.45, 2.75) is 45.1 Å². The monoisotopic (exact) mass is 342 g/mol. The van der Waals surface area contributed by atoms with Crippen LogP contribution in [0.15, 0.2) is 17.0 Å². The van der Waals surface area contributed by atoms with E-state index in [9.17, 15) is 13.2 Å². The van der Waals surface area contributed by atoms with Crippen molar-refractivity contribution in [1.29, 1.82) is 0 Å². The minimum atomic E-state index is -3.75. The van der Waals surface area contributed by atoms with Crippen LogP contribution in [0.25, 0.3) is 0 Å².